The molecule has 1 aromatic carbocycles. The predicted octanol–water partition coefficient (Wildman–Crippen LogP) is 3.75. The van der Waals surface area contributed by atoms with Crippen molar-refractivity contribution in [1.29, 1.82) is 0 Å². The monoisotopic (exact) mass is 394 g/mol. The number of thiocarbonyl (C=S) groups is 1. The van der Waals surface area contributed by atoms with Crippen molar-refractivity contribution in [3.8, 4) is 0 Å². The van der Waals surface area contributed by atoms with E-state index in [1.807, 2.05) is 42.3 Å². The summed E-state index contributed by atoms with van der Waals surface area (Å²) in [5.41, 5.74) is 3.27. The van der Waals surface area contributed by atoms with Gasteiger partial charge in [0.25, 0.3) is 0 Å². The maximum Gasteiger partial charge on any atom is 0.174 e. The van der Waals surface area contributed by atoms with Crippen LogP contribution in [0.3, 0.4) is 0 Å². The minimum absolute atomic E-state index is 0.0713. The second-order valence-corrected chi connectivity index (χ2v) is 10.2. The molecule has 1 fully saturated rings. The number of nitrogens with zero attached hydrogens (tertiary/aromatic N) is 1. The van der Waals surface area contributed by atoms with E-state index in [9.17, 15) is 8.42 Å². The predicted molar refractivity (Wildman–Crippen MR) is 109 cm³/mol. The highest BCUT2D eigenvalue weighted by atomic mass is 32.2. The van der Waals surface area contributed by atoms with Gasteiger partial charge in [0.1, 0.15) is 0 Å². The van der Waals surface area contributed by atoms with Crippen molar-refractivity contribution < 1.29 is 8.42 Å². The van der Waals surface area contributed by atoms with Crippen LogP contribution in [0.4, 0.5) is 5.69 Å². The molecule has 0 bridgehead atoms. The van der Waals surface area contributed by atoms with Gasteiger partial charge >= 0.3 is 0 Å². The maximum absolute atomic E-state index is 11.9. The molecule has 1 aromatic heterocycles. The second kappa shape index (κ2) is 7.43. The summed E-state index contributed by atoms with van der Waals surface area (Å²) in [5.74, 6) is 0.414. The Labute approximate surface area is 158 Å². The Morgan fingerprint density at radius 3 is 2.60 bits per heavy atom. The van der Waals surface area contributed by atoms with Crippen LogP contribution in [0.15, 0.2) is 35.7 Å². The van der Waals surface area contributed by atoms with Crippen LogP contribution in [0.1, 0.15) is 22.4 Å². The average molecular weight is 395 g/mol. The first kappa shape index (κ1) is 18.4. The summed E-state index contributed by atoms with van der Waals surface area (Å²) in [7, 11) is -2.96. The molecule has 0 unspecified atom stereocenters. The fraction of sp³-hybridized carbons (Fsp3) is 0.389. The number of anilines is 1. The summed E-state index contributed by atoms with van der Waals surface area (Å²) in [6.45, 7) is 4.73. The zero-order valence-electron chi connectivity index (χ0n) is 14.4. The number of benzene rings is 1. The van der Waals surface area contributed by atoms with Crippen molar-refractivity contribution >= 4 is 44.2 Å². The Bertz CT molecular complexity index is 840. The SMILES string of the molecule is Cc1cc(C)cc(NC(=S)N(Cc2cccs2)[C@@H]2CCS(=O)(=O)C2)c1. The van der Waals surface area contributed by atoms with Crippen LogP contribution in [-0.2, 0) is 16.4 Å². The quantitative estimate of drug-likeness (QED) is 0.801. The fourth-order valence-electron chi connectivity index (χ4n) is 3.20. The van der Waals surface area contributed by atoms with Crippen LogP contribution in [0.2, 0.25) is 0 Å². The Kier molecular flexibility index (Phi) is 5.46. The van der Waals surface area contributed by atoms with E-state index in [2.05, 4.69) is 17.4 Å². The normalized spacial score (nSPS) is 18.9. The van der Waals surface area contributed by atoms with Crippen molar-refractivity contribution in [3.05, 3.63) is 51.7 Å². The van der Waals surface area contributed by atoms with Gasteiger partial charge in [-0.1, -0.05) is 12.1 Å². The molecule has 25 heavy (non-hydrogen) atoms. The minimum Gasteiger partial charge on any atom is -0.340 e. The van der Waals surface area contributed by atoms with Crippen LogP contribution < -0.4 is 5.32 Å². The van der Waals surface area contributed by atoms with Crippen LogP contribution in [0, 0.1) is 13.8 Å². The Hall–Kier alpha value is -1.44. The van der Waals surface area contributed by atoms with E-state index in [-0.39, 0.29) is 17.5 Å². The zero-order chi connectivity index (χ0) is 18.0. The molecule has 0 saturated carbocycles. The first-order chi connectivity index (χ1) is 11.8. The fourth-order valence-corrected chi connectivity index (χ4v) is 5.97. The summed E-state index contributed by atoms with van der Waals surface area (Å²) >= 11 is 7.31. The smallest absolute Gasteiger partial charge is 0.174 e. The van der Waals surface area contributed by atoms with Crippen molar-refractivity contribution in [2.45, 2.75) is 32.9 Å². The summed E-state index contributed by atoms with van der Waals surface area (Å²) in [5, 5.41) is 5.92. The highest BCUT2D eigenvalue weighted by Crippen LogP contribution is 2.23. The number of thiophene rings is 1. The van der Waals surface area contributed by atoms with E-state index in [1.165, 1.54) is 16.0 Å². The van der Waals surface area contributed by atoms with Gasteiger partial charge in [0.15, 0.2) is 14.9 Å². The lowest BCUT2D eigenvalue weighted by atomic mass is 10.1. The van der Waals surface area contributed by atoms with Gasteiger partial charge in [0.05, 0.1) is 18.1 Å². The van der Waals surface area contributed by atoms with Crippen molar-refractivity contribution in [2.75, 3.05) is 16.8 Å². The van der Waals surface area contributed by atoms with Gasteiger partial charge in [-0.15, -0.1) is 11.3 Å². The molecule has 0 aliphatic carbocycles. The molecule has 1 saturated heterocycles. The van der Waals surface area contributed by atoms with Crippen molar-refractivity contribution in [2.24, 2.45) is 0 Å². The summed E-state index contributed by atoms with van der Waals surface area (Å²) in [6, 6.07) is 10.2. The first-order valence-electron chi connectivity index (χ1n) is 8.21. The van der Waals surface area contributed by atoms with E-state index in [0.717, 1.165) is 5.69 Å². The molecule has 2 heterocycles. The van der Waals surface area contributed by atoms with Gasteiger partial charge in [0, 0.05) is 16.6 Å². The molecule has 4 nitrogen and oxygen atoms in total. The molecule has 0 amide bonds. The molecule has 2 aromatic rings. The highest BCUT2D eigenvalue weighted by Gasteiger charge is 2.33. The molecule has 0 spiro atoms. The first-order valence-corrected chi connectivity index (χ1v) is 11.3. The number of aryl methyl sites for hydroxylation is 2. The number of nitrogens with one attached hydrogen (secondary N) is 1. The van der Waals surface area contributed by atoms with Gasteiger partial charge < -0.3 is 10.2 Å². The van der Waals surface area contributed by atoms with Gasteiger partial charge in [-0.25, -0.2) is 8.42 Å². The number of hydrogen-bond acceptors (Lipinski definition) is 4. The van der Waals surface area contributed by atoms with Crippen molar-refractivity contribution in [1.82, 2.24) is 4.90 Å². The third-order valence-electron chi connectivity index (χ3n) is 4.29. The topological polar surface area (TPSA) is 49.4 Å². The van der Waals surface area contributed by atoms with Crippen LogP contribution in [0.5, 0.6) is 0 Å². The molecule has 1 atom stereocenters. The largest absolute Gasteiger partial charge is 0.340 e. The van der Waals surface area contributed by atoms with Crippen LogP contribution >= 0.6 is 23.6 Å². The standard InChI is InChI=1S/C18H22N2O2S3/c1-13-8-14(2)10-15(9-13)19-18(23)20(11-17-4-3-6-24-17)16-5-7-25(21,22)12-16/h3-4,6,8-10,16H,5,7,11-12H2,1-2H3,(H,19,23)/t16-/m1/s1. The molecule has 1 aliphatic heterocycles. The van der Waals surface area contributed by atoms with Crippen LogP contribution in [0.25, 0.3) is 0 Å². The van der Waals surface area contributed by atoms with E-state index < -0.39 is 9.84 Å². The molecular formula is C18H22N2O2S3. The van der Waals surface area contributed by atoms with Crippen molar-refractivity contribution in [3.63, 3.8) is 0 Å². The van der Waals surface area contributed by atoms with E-state index in [0.29, 0.717) is 18.1 Å². The molecular weight excluding hydrogens is 372 g/mol. The van der Waals surface area contributed by atoms with E-state index in [1.54, 1.807) is 11.3 Å². The molecule has 0 radical (unpaired) electrons. The number of hydrogen-bond donors (Lipinski definition) is 1. The van der Waals surface area contributed by atoms with Crippen LogP contribution in [-0.4, -0.2) is 36.0 Å². The Morgan fingerprint density at radius 1 is 1.32 bits per heavy atom. The van der Waals surface area contributed by atoms with Gasteiger partial charge in [-0.05, 0) is 67.2 Å². The molecule has 7 heteroatoms. The lowest BCUT2D eigenvalue weighted by molar-refractivity contribution is 0.335. The molecule has 134 valence electrons. The summed E-state index contributed by atoms with van der Waals surface area (Å²) in [6.07, 6.45) is 0.627. The average Bonchev–Trinajstić information content (AvgIpc) is 3.12. The zero-order valence-corrected chi connectivity index (χ0v) is 16.8. The third-order valence-corrected chi connectivity index (χ3v) is 7.24. The van der Waals surface area contributed by atoms with Gasteiger partial charge in [-0.3, -0.25) is 0 Å². The third kappa shape index (κ3) is 4.80. The van der Waals surface area contributed by atoms with Gasteiger partial charge in [-0.2, -0.15) is 0 Å². The van der Waals surface area contributed by atoms with E-state index >= 15 is 0 Å². The molecule has 1 aliphatic rings. The van der Waals surface area contributed by atoms with E-state index in [4.69, 9.17) is 12.2 Å². The number of rotatable bonds is 4. The Balaban J connectivity index is 1.81. The second-order valence-electron chi connectivity index (χ2n) is 6.57. The Morgan fingerprint density at radius 2 is 2.04 bits per heavy atom. The summed E-state index contributed by atoms with van der Waals surface area (Å²) < 4.78 is 23.9. The molecule has 3 rings (SSSR count). The lowest BCUT2D eigenvalue weighted by Crippen LogP contribution is -2.42. The minimum atomic E-state index is -2.96. The highest BCUT2D eigenvalue weighted by molar-refractivity contribution is 7.91. The maximum atomic E-state index is 11.9. The molecule has 1 N–H and O–H groups in total. The number of sulfone groups is 1. The summed E-state index contributed by atoms with van der Waals surface area (Å²) in [4.78, 5) is 3.21. The lowest BCUT2D eigenvalue weighted by Gasteiger charge is -2.30. The van der Waals surface area contributed by atoms with Gasteiger partial charge in [0.2, 0.25) is 0 Å².